The first-order valence-electron chi connectivity index (χ1n) is 11.0. The fourth-order valence-corrected chi connectivity index (χ4v) is 7.54. The average molecular weight is 430 g/mol. The maximum atomic E-state index is 13.2. The summed E-state index contributed by atoms with van der Waals surface area (Å²) >= 11 is 6.84. The fraction of sp³-hybridized carbons (Fsp3) is 0.625. The normalized spacial score (nSPS) is 34.6. The number of amides is 1. The molecule has 0 aromatic heterocycles. The summed E-state index contributed by atoms with van der Waals surface area (Å²) in [5.74, 6) is 0.568. The number of nitrogens with zero attached hydrogens (tertiary/aromatic N) is 1. The van der Waals surface area contributed by atoms with Gasteiger partial charge in [0.05, 0.1) is 5.41 Å². The molecule has 0 radical (unpaired) electrons. The highest BCUT2D eigenvalue weighted by atomic mass is 35.5. The number of ether oxygens (including phenoxy) is 1. The van der Waals surface area contributed by atoms with Crippen LogP contribution in [0.5, 0.6) is 0 Å². The minimum Gasteiger partial charge on any atom is -0.454 e. The van der Waals surface area contributed by atoms with Gasteiger partial charge in [-0.25, -0.2) is 0 Å². The Kier molecular flexibility index (Phi) is 4.55. The summed E-state index contributed by atoms with van der Waals surface area (Å²) in [5, 5.41) is 0. The zero-order valence-electron chi connectivity index (χ0n) is 17.6. The van der Waals surface area contributed by atoms with Crippen LogP contribution < -0.4 is 4.90 Å². The summed E-state index contributed by atoms with van der Waals surface area (Å²) in [5.41, 5.74) is 1.86. The lowest BCUT2D eigenvalue weighted by Gasteiger charge is -2.58. The van der Waals surface area contributed by atoms with E-state index >= 15 is 0 Å². The molecule has 4 saturated carbocycles. The summed E-state index contributed by atoms with van der Waals surface area (Å²) in [7, 11) is 0. The minimum absolute atomic E-state index is 0.00256. The van der Waals surface area contributed by atoms with E-state index in [1.165, 1.54) is 6.42 Å². The largest absolute Gasteiger partial charge is 0.454 e. The van der Waals surface area contributed by atoms with Crippen LogP contribution in [0.3, 0.4) is 0 Å². The predicted molar refractivity (Wildman–Crippen MR) is 114 cm³/mol. The van der Waals surface area contributed by atoms with Gasteiger partial charge in [-0.05, 0) is 87.5 Å². The Morgan fingerprint density at radius 2 is 1.87 bits per heavy atom. The number of benzene rings is 1. The second-order valence-corrected chi connectivity index (χ2v) is 10.9. The number of esters is 1. The molecule has 6 rings (SSSR count). The first-order chi connectivity index (χ1) is 14.2. The van der Waals surface area contributed by atoms with Crippen LogP contribution in [-0.2, 0) is 20.7 Å². The molecule has 3 unspecified atom stereocenters. The van der Waals surface area contributed by atoms with E-state index in [4.69, 9.17) is 16.3 Å². The van der Waals surface area contributed by atoms with Crippen molar-refractivity contribution < 1.29 is 19.1 Å². The van der Waals surface area contributed by atoms with Crippen molar-refractivity contribution in [1.82, 2.24) is 0 Å². The van der Waals surface area contributed by atoms with E-state index in [0.717, 1.165) is 43.4 Å². The van der Waals surface area contributed by atoms with Crippen molar-refractivity contribution in [3.05, 3.63) is 29.3 Å². The summed E-state index contributed by atoms with van der Waals surface area (Å²) in [6.07, 6.45) is 5.43. The molecule has 5 aliphatic rings. The Morgan fingerprint density at radius 1 is 1.17 bits per heavy atom. The lowest BCUT2D eigenvalue weighted by atomic mass is 9.49. The Balaban J connectivity index is 1.30. The van der Waals surface area contributed by atoms with Gasteiger partial charge >= 0.3 is 5.97 Å². The number of hydrogen-bond acceptors (Lipinski definition) is 4. The molecule has 1 heterocycles. The van der Waals surface area contributed by atoms with Gasteiger partial charge in [0.1, 0.15) is 0 Å². The Labute approximate surface area is 182 Å². The first-order valence-corrected chi connectivity index (χ1v) is 11.4. The van der Waals surface area contributed by atoms with Gasteiger partial charge in [0.15, 0.2) is 6.10 Å². The number of hydrogen-bond donors (Lipinski definition) is 0. The molecule has 1 aromatic rings. The van der Waals surface area contributed by atoms with Crippen LogP contribution in [0.4, 0.5) is 5.69 Å². The summed E-state index contributed by atoms with van der Waals surface area (Å²) in [6, 6.07) is 5.39. The number of Topliss-reactive ketones (excluding diaryl/α,β-unsaturated/α-hetero) is 1. The number of ketones is 1. The third-order valence-corrected chi connectivity index (χ3v) is 8.16. The lowest BCUT2D eigenvalue weighted by molar-refractivity contribution is -0.172. The van der Waals surface area contributed by atoms with E-state index in [0.29, 0.717) is 30.4 Å². The number of rotatable bonds is 4. The SMILES string of the molecule is CC(=O)N1CCc2cc(C(=O)C(C)OC(=O)C34CC5CC(CC(Cl)(C5)C3)C4)ccc21. The number of fused-ring (bicyclic) bond motifs is 1. The highest BCUT2D eigenvalue weighted by Crippen LogP contribution is 2.64. The molecule has 160 valence electrons. The van der Waals surface area contributed by atoms with Crippen molar-refractivity contribution in [1.29, 1.82) is 0 Å². The van der Waals surface area contributed by atoms with E-state index in [1.807, 2.05) is 12.1 Å². The molecule has 4 fully saturated rings. The smallest absolute Gasteiger partial charge is 0.312 e. The summed E-state index contributed by atoms with van der Waals surface area (Å²) < 4.78 is 5.76. The first kappa shape index (κ1) is 20.0. The van der Waals surface area contributed by atoms with E-state index in [9.17, 15) is 14.4 Å². The Bertz CT molecular complexity index is 927. The van der Waals surface area contributed by atoms with Crippen LogP contribution in [-0.4, -0.2) is 35.2 Å². The third kappa shape index (κ3) is 3.17. The molecule has 4 aliphatic carbocycles. The maximum Gasteiger partial charge on any atom is 0.312 e. The Morgan fingerprint density at radius 3 is 2.50 bits per heavy atom. The topological polar surface area (TPSA) is 63.7 Å². The standard InChI is InChI=1S/C24H28ClNO4/c1-14(21(28)19-3-4-20-18(8-19)5-6-26(20)15(2)27)30-22(29)23-9-16-7-17(10-23)12-24(25,11-16)13-23/h3-4,8,14,16-17H,5-7,9-13H2,1-2H3. The van der Waals surface area contributed by atoms with Crippen molar-refractivity contribution in [3.8, 4) is 0 Å². The molecule has 30 heavy (non-hydrogen) atoms. The highest BCUT2D eigenvalue weighted by Gasteiger charge is 2.61. The molecule has 3 atom stereocenters. The van der Waals surface area contributed by atoms with E-state index in [1.54, 1.807) is 24.8 Å². The number of halogens is 1. The van der Waals surface area contributed by atoms with Crippen molar-refractivity contribution in [2.75, 3.05) is 11.4 Å². The minimum atomic E-state index is -0.833. The van der Waals surface area contributed by atoms with Crippen LogP contribution in [0.15, 0.2) is 18.2 Å². The average Bonchev–Trinajstić information content (AvgIpc) is 3.08. The third-order valence-electron chi connectivity index (χ3n) is 7.72. The van der Waals surface area contributed by atoms with Crippen molar-refractivity contribution in [2.24, 2.45) is 17.3 Å². The molecule has 4 bridgehead atoms. The van der Waals surface area contributed by atoms with Gasteiger partial charge < -0.3 is 9.64 Å². The highest BCUT2D eigenvalue weighted by molar-refractivity contribution is 6.24. The zero-order valence-corrected chi connectivity index (χ0v) is 18.3. The molecule has 0 spiro atoms. The van der Waals surface area contributed by atoms with Crippen LogP contribution >= 0.6 is 11.6 Å². The van der Waals surface area contributed by atoms with Crippen LogP contribution in [0.25, 0.3) is 0 Å². The molecule has 1 amide bonds. The van der Waals surface area contributed by atoms with Crippen LogP contribution in [0.1, 0.15) is 68.3 Å². The molecular formula is C24H28ClNO4. The maximum absolute atomic E-state index is 13.2. The number of carbonyl (C=O) groups is 3. The fourth-order valence-electron chi connectivity index (χ4n) is 6.85. The van der Waals surface area contributed by atoms with Crippen molar-refractivity contribution in [2.45, 2.75) is 69.8 Å². The number of alkyl halides is 1. The zero-order chi connectivity index (χ0) is 21.3. The van der Waals surface area contributed by atoms with Crippen molar-refractivity contribution >= 4 is 34.9 Å². The van der Waals surface area contributed by atoms with E-state index < -0.39 is 11.5 Å². The summed E-state index contributed by atoms with van der Waals surface area (Å²) in [4.78, 5) is 39.4. The molecule has 0 N–H and O–H groups in total. The lowest BCUT2D eigenvalue weighted by Crippen LogP contribution is -2.56. The molecule has 6 heteroatoms. The van der Waals surface area contributed by atoms with Gasteiger partial charge in [-0.15, -0.1) is 11.6 Å². The van der Waals surface area contributed by atoms with Crippen LogP contribution in [0, 0.1) is 17.3 Å². The molecule has 1 aromatic carbocycles. The molecular weight excluding hydrogens is 402 g/mol. The van der Waals surface area contributed by atoms with E-state index in [2.05, 4.69) is 0 Å². The van der Waals surface area contributed by atoms with Gasteiger partial charge in [0.2, 0.25) is 11.7 Å². The molecule has 5 nitrogen and oxygen atoms in total. The van der Waals surface area contributed by atoms with E-state index in [-0.39, 0.29) is 22.5 Å². The quantitative estimate of drug-likeness (QED) is 0.407. The van der Waals surface area contributed by atoms with Gasteiger partial charge in [0, 0.05) is 29.6 Å². The number of carbonyl (C=O) groups excluding carboxylic acids is 3. The van der Waals surface area contributed by atoms with Gasteiger partial charge in [-0.2, -0.15) is 0 Å². The second kappa shape index (κ2) is 6.81. The van der Waals surface area contributed by atoms with Gasteiger partial charge in [-0.1, -0.05) is 0 Å². The van der Waals surface area contributed by atoms with Crippen molar-refractivity contribution in [3.63, 3.8) is 0 Å². The Hall–Kier alpha value is -1.88. The molecule has 0 saturated heterocycles. The number of anilines is 1. The molecule has 1 aliphatic heterocycles. The van der Waals surface area contributed by atoms with Gasteiger partial charge in [-0.3, -0.25) is 14.4 Å². The second-order valence-electron chi connectivity index (χ2n) is 10.1. The van der Waals surface area contributed by atoms with Crippen LogP contribution in [0.2, 0.25) is 0 Å². The monoisotopic (exact) mass is 429 g/mol. The predicted octanol–water partition coefficient (Wildman–Crippen LogP) is 4.29. The summed E-state index contributed by atoms with van der Waals surface area (Å²) in [6.45, 7) is 3.84. The van der Waals surface area contributed by atoms with Gasteiger partial charge in [0.25, 0.3) is 0 Å².